The largest absolute Gasteiger partial charge is 0.326 e. The Morgan fingerprint density at radius 2 is 1.67 bits per heavy atom. The van der Waals surface area contributed by atoms with Crippen LogP contribution >= 0.6 is 0 Å². The van der Waals surface area contributed by atoms with Crippen molar-refractivity contribution in [1.82, 2.24) is 30.2 Å². The lowest BCUT2D eigenvalue weighted by Gasteiger charge is -2.21. The lowest BCUT2D eigenvalue weighted by atomic mass is 9.99. The number of benzene rings is 1. The van der Waals surface area contributed by atoms with Gasteiger partial charge in [-0.25, -0.2) is 19.9 Å². The van der Waals surface area contributed by atoms with Gasteiger partial charge in [0.1, 0.15) is 17.3 Å². The monoisotopic (exact) mass is 481 g/mol. The molecule has 0 spiro atoms. The van der Waals surface area contributed by atoms with Gasteiger partial charge in [0.05, 0.1) is 5.92 Å². The Morgan fingerprint density at radius 1 is 0.889 bits per heavy atom. The molecular weight excluding hydrogens is 454 g/mol. The molecule has 1 amide bonds. The first kappa shape index (κ1) is 23.3. The molecule has 182 valence electrons. The standard InChI is InChI=1S/C26H27N9O/c1-17-4-2-6-21(30-17)24-28-14-11-22(34-24)33-23-12-15-29-26(35-23)32-20-9-7-19(8-10-20)31-25(36)18-5-3-13-27-16-18/h2,4,6-12,14-15,18,27H,3,5,13,16H2,1H3,(H,31,36)(H2,28,29,32,33,34,35). The first-order valence-corrected chi connectivity index (χ1v) is 11.9. The molecule has 1 atom stereocenters. The fourth-order valence-corrected chi connectivity index (χ4v) is 3.92. The number of nitrogens with one attached hydrogen (secondary N) is 4. The average molecular weight is 482 g/mol. The Labute approximate surface area is 209 Å². The van der Waals surface area contributed by atoms with E-state index in [1.165, 1.54) is 0 Å². The van der Waals surface area contributed by atoms with Crippen LogP contribution in [0.2, 0.25) is 0 Å². The predicted octanol–water partition coefficient (Wildman–Crippen LogP) is 4.06. The van der Waals surface area contributed by atoms with Crippen molar-refractivity contribution in [3.8, 4) is 11.5 Å². The van der Waals surface area contributed by atoms with Gasteiger partial charge in [-0.2, -0.15) is 4.98 Å². The number of nitrogens with zero attached hydrogens (tertiary/aromatic N) is 5. The van der Waals surface area contributed by atoms with E-state index in [0.717, 1.165) is 43.0 Å². The third-order valence-corrected chi connectivity index (χ3v) is 5.76. The van der Waals surface area contributed by atoms with Crippen molar-refractivity contribution < 1.29 is 4.79 Å². The first-order valence-electron chi connectivity index (χ1n) is 11.9. The summed E-state index contributed by atoms with van der Waals surface area (Å²) in [6, 6.07) is 16.7. The van der Waals surface area contributed by atoms with Crippen LogP contribution in [0.15, 0.2) is 67.0 Å². The van der Waals surface area contributed by atoms with Crippen LogP contribution in [0.5, 0.6) is 0 Å². The number of rotatable bonds is 7. The number of piperidine rings is 1. The smallest absolute Gasteiger partial charge is 0.229 e. The highest BCUT2D eigenvalue weighted by Gasteiger charge is 2.20. The minimum absolute atomic E-state index is 0.0132. The van der Waals surface area contributed by atoms with E-state index < -0.39 is 0 Å². The fourth-order valence-electron chi connectivity index (χ4n) is 3.92. The summed E-state index contributed by atoms with van der Waals surface area (Å²) in [6.45, 7) is 3.64. The molecule has 1 aliphatic heterocycles. The van der Waals surface area contributed by atoms with Gasteiger partial charge in [0, 0.05) is 36.0 Å². The molecule has 3 aromatic heterocycles. The second-order valence-electron chi connectivity index (χ2n) is 8.56. The van der Waals surface area contributed by atoms with E-state index in [1.54, 1.807) is 24.5 Å². The van der Waals surface area contributed by atoms with Crippen LogP contribution in [0.4, 0.5) is 29.0 Å². The Balaban J connectivity index is 1.22. The Bertz CT molecular complexity index is 1340. The Hall–Kier alpha value is -4.44. The second kappa shape index (κ2) is 10.9. The molecule has 0 saturated carbocycles. The van der Waals surface area contributed by atoms with E-state index in [4.69, 9.17) is 0 Å². The molecule has 36 heavy (non-hydrogen) atoms. The maximum absolute atomic E-state index is 12.4. The van der Waals surface area contributed by atoms with E-state index in [2.05, 4.69) is 46.2 Å². The number of aromatic nitrogens is 5. The highest BCUT2D eigenvalue weighted by molar-refractivity contribution is 5.93. The molecule has 1 aromatic carbocycles. The van der Waals surface area contributed by atoms with Crippen molar-refractivity contribution in [2.45, 2.75) is 19.8 Å². The number of pyridine rings is 1. The molecule has 10 heteroatoms. The van der Waals surface area contributed by atoms with Crippen molar-refractivity contribution >= 4 is 34.9 Å². The number of carbonyl (C=O) groups excluding carboxylic acids is 1. The Kier molecular flexibility index (Phi) is 7.04. The van der Waals surface area contributed by atoms with Crippen molar-refractivity contribution in [2.24, 2.45) is 5.92 Å². The van der Waals surface area contributed by atoms with Crippen LogP contribution < -0.4 is 21.3 Å². The lowest BCUT2D eigenvalue weighted by Crippen LogP contribution is -2.37. The number of anilines is 5. The highest BCUT2D eigenvalue weighted by Crippen LogP contribution is 2.21. The van der Waals surface area contributed by atoms with Crippen LogP contribution in [0, 0.1) is 12.8 Å². The molecule has 0 bridgehead atoms. The summed E-state index contributed by atoms with van der Waals surface area (Å²) in [4.78, 5) is 34.6. The van der Waals surface area contributed by atoms with Gasteiger partial charge >= 0.3 is 0 Å². The molecule has 10 nitrogen and oxygen atoms in total. The summed E-state index contributed by atoms with van der Waals surface area (Å²) >= 11 is 0. The van der Waals surface area contributed by atoms with Crippen molar-refractivity contribution in [2.75, 3.05) is 29.0 Å². The SMILES string of the molecule is Cc1cccc(-c2nccc(Nc3ccnc(Nc4ccc(NC(=O)C5CCCNC5)cc4)n3)n2)n1. The van der Waals surface area contributed by atoms with Gasteiger partial charge in [0.15, 0.2) is 5.82 Å². The maximum atomic E-state index is 12.4. The predicted molar refractivity (Wildman–Crippen MR) is 139 cm³/mol. The molecule has 0 radical (unpaired) electrons. The summed E-state index contributed by atoms with van der Waals surface area (Å²) in [5, 5.41) is 12.6. The molecule has 4 N–H and O–H groups in total. The highest BCUT2D eigenvalue weighted by atomic mass is 16.1. The van der Waals surface area contributed by atoms with Crippen molar-refractivity contribution in [3.63, 3.8) is 0 Å². The van der Waals surface area contributed by atoms with E-state index in [9.17, 15) is 4.79 Å². The minimum atomic E-state index is 0.0132. The van der Waals surface area contributed by atoms with Crippen LogP contribution in [0.25, 0.3) is 11.5 Å². The zero-order valence-electron chi connectivity index (χ0n) is 19.9. The van der Waals surface area contributed by atoms with Gasteiger partial charge in [-0.3, -0.25) is 4.79 Å². The average Bonchev–Trinajstić information content (AvgIpc) is 2.91. The van der Waals surface area contributed by atoms with Crippen molar-refractivity contribution in [3.05, 3.63) is 72.7 Å². The number of amides is 1. The molecule has 4 aromatic rings. The number of hydrogen-bond acceptors (Lipinski definition) is 9. The van der Waals surface area contributed by atoms with Gasteiger partial charge in [0.2, 0.25) is 11.9 Å². The number of aryl methyl sites for hydroxylation is 1. The van der Waals surface area contributed by atoms with Gasteiger partial charge < -0.3 is 21.3 Å². The zero-order chi connectivity index (χ0) is 24.7. The zero-order valence-corrected chi connectivity index (χ0v) is 19.9. The summed E-state index contributed by atoms with van der Waals surface area (Å²) in [5.74, 6) is 2.21. The molecule has 1 aliphatic rings. The van der Waals surface area contributed by atoms with Gasteiger partial charge in [-0.15, -0.1) is 0 Å². The third-order valence-electron chi connectivity index (χ3n) is 5.76. The molecule has 5 rings (SSSR count). The topological polar surface area (TPSA) is 130 Å². The molecule has 1 fully saturated rings. The maximum Gasteiger partial charge on any atom is 0.229 e. The third kappa shape index (κ3) is 5.97. The van der Waals surface area contributed by atoms with Crippen LogP contribution in [0.1, 0.15) is 18.5 Å². The molecule has 1 unspecified atom stereocenters. The summed E-state index contributed by atoms with van der Waals surface area (Å²) in [6.07, 6.45) is 5.28. The summed E-state index contributed by atoms with van der Waals surface area (Å²) in [7, 11) is 0. The molecular formula is C26H27N9O. The van der Waals surface area contributed by atoms with E-state index >= 15 is 0 Å². The molecule has 4 heterocycles. The first-order chi connectivity index (χ1) is 17.6. The Morgan fingerprint density at radius 3 is 2.44 bits per heavy atom. The second-order valence-corrected chi connectivity index (χ2v) is 8.56. The number of carbonyl (C=O) groups is 1. The van der Waals surface area contributed by atoms with Crippen LogP contribution in [-0.2, 0) is 4.79 Å². The van der Waals surface area contributed by atoms with Crippen LogP contribution in [0.3, 0.4) is 0 Å². The molecule has 0 aliphatic carbocycles. The van der Waals surface area contributed by atoms with Gasteiger partial charge in [-0.05, 0) is 74.8 Å². The van der Waals surface area contributed by atoms with Gasteiger partial charge in [-0.1, -0.05) is 6.07 Å². The van der Waals surface area contributed by atoms with E-state index in [-0.39, 0.29) is 11.8 Å². The minimum Gasteiger partial charge on any atom is -0.326 e. The number of hydrogen-bond donors (Lipinski definition) is 4. The van der Waals surface area contributed by atoms with Gasteiger partial charge in [0.25, 0.3) is 0 Å². The summed E-state index contributed by atoms with van der Waals surface area (Å²) in [5.41, 5.74) is 3.17. The van der Waals surface area contributed by atoms with Crippen molar-refractivity contribution in [1.29, 1.82) is 0 Å². The normalized spacial score (nSPS) is 15.2. The summed E-state index contributed by atoms with van der Waals surface area (Å²) < 4.78 is 0. The van der Waals surface area contributed by atoms with Crippen LogP contribution in [-0.4, -0.2) is 43.9 Å². The molecule has 1 saturated heterocycles. The quantitative estimate of drug-likeness (QED) is 0.309. The fraction of sp³-hybridized carbons (Fsp3) is 0.231. The van der Waals surface area contributed by atoms with E-state index in [1.807, 2.05) is 49.4 Å². The van der Waals surface area contributed by atoms with E-state index in [0.29, 0.717) is 29.1 Å². The lowest BCUT2D eigenvalue weighted by molar-refractivity contribution is -0.120.